The number of carbonyl (C=O) groups excluding carboxylic acids is 1. The van der Waals surface area contributed by atoms with E-state index < -0.39 is 16.0 Å². The minimum atomic E-state index is -3.76. The van der Waals surface area contributed by atoms with Gasteiger partial charge in [-0.2, -0.15) is 9.57 Å². The van der Waals surface area contributed by atoms with E-state index >= 15 is 0 Å². The van der Waals surface area contributed by atoms with Crippen LogP contribution in [0.5, 0.6) is 0 Å². The molecule has 0 spiro atoms. The second-order valence-electron chi connectivity index (χ2n) is 6.56. The van der Waals surface area contributed by atoms with Gasteiger partial charge in [0, 0.05) is 31.4 Å². The van der Waals surface area contributed by atoms with Gasteiger partial charge in [-0.25, -0.2) is 13.2 Å². The first-order chi connectivity index (χ1) is 13.4. The number of hydrogen-bond donors (Lipinski definition) is 0. The van der Waals surface area contributed by atoms with E-state index in [9.17, 15) is 18.5 Å². The Kier molecular flexibility index (Phi) is 5.68. The molecule has 1 aliphatic rings. The monoisotopic (exact) mass is 399 g/mol. The number of sulfonamides is 1. The first-order valence-corrected chi connectivity index (χ1v) is 10.3. The molecule has 146 valence electrons. The van der Waals surface area contributed by atoms with Crippen molar-refractivity contribution in [1.82, 2.24) is 4.31 Å². The highest BCUT2D eigenvalue weighted by molar-refractivity contribution is 7.89. The molecule has 3 rings (SSSR count). The van der Waals surface area contributed by atoms with E-state index in [0.717, 1.165) is 5.69 Å². The minimum absolute atomic E-state index is 0.0419. The highest BCUT2D eigenvalue weighted by atomic mass is 32.2. The van der Waals surface area contributed by atoms with Gasteiger partial charge in [0.1, 0.15) is 6.07 Å². The summed E-state index contributed by atoms with van der Waals surface area (Å²) >= 11 is 0. The topological polar surface area (TPSA) is 90.7 Å². The number of nitriles is 1. The maximum atomic E-state index is 13.1. The largest absolute Gasteiger partial charge is 0.465 e. The Morgan fingerprint density at radius 3 is 2.43 bits per heavy atom. The van der Waals surface area contributed by atoms with Crippen LogP contribution < -0.4 is 4.90 Å². The third-order valence-corrected chi connectivity index (χ3v) is 6.89. The zero-order valence-corrected chi connectivity index (χ0v) is 16.5. The summed E-state index contributed by atoms with van der Waals surface area (Å²) in [5.41, 5.74) is 1.53. The number of anilines is 1. The van der Waals surface area contributed by atoms with E-state index in [-0.39, 0.29) is 16.5 Å². The number of piperazine rings is 1. The van der Waals surface area contributed by atoms with Gasteiger partial charge in [-0.05, 0) is 43.3 Å². The van der Waals surface area contributed by atoms with Crippen LogP contribution in [-0.4, -0.2) is 51.5 Å². The number of carbonyl (C=O) groups is 1. The fraction of sp³-hybridized carbons (Fsp3) is 0.300. The Labute approximate surface area is 164 Å². The van der Waals surface area contributed by atoms with Crippen LogP contribution in [0.2, 0.25) is 0 Å². The minimum Gasteiger partial charge on any atom is -0.465 e. The van der Waals surface area contributed by atoms with Crippen LogP contribution in [-0.2, 0) is 14.8 Å². The molecule has 0 aromatic heterocycles. The summed E-state index contributed by atoms with van der Waals surface area (Å²) < 4.78 is 32.3. The molecule has 1 saturated heterocycles. The van der Waals surface area contributed by atoms with Crippen molar-refractivity contribution in [3.05, 3.63) is 59.7 Å². The van der Waals surface area contributed by atoms with Crippen molar-refractivity contribution in [1.29, 1.82) is 5.26 Å². The van der Waals surface area contributed by atoms with E-state index in [2.05, 4.69) is 4.90 Å². The Morgan fingerprint density at radius 2 is 1.82 bits per heavy atom. The average molecular weight is 399 g/mol. The van der Waals surface area contributed by atoms with Crippen LogP contribution in [0.25, 0.3) is 0 Å². The molecule has 1 unspecified atom stereocenters. The van der Waals surface area contributed by atoms with E-state index in [4.69, 9.17) is 4.74 Å². The molecular weight excluding hydrogens is 378 g/mol. The third-order valence-electron chi connectivity index (χ3n) is 4.81. The van der Waals surface area contributed by atoms with Crippen LogP contribution in [0.1, 0.15) is 22.8 Å². The van der Waals surface area contributed by atoms with E-state index in [1.54, 1.807) is 24.3 Å². The number of methoxy groups -OCH3 is 1. The lowest BCUT2D eigenvalue weighted by molar-refractivity contribution is 0.0600. The summed E-state index contributed by atoms with van der Waals surface area (Å²) in [5.74, 6) is -0.396. The van der Waals surface area contributed by atoms with Crippen molar-refractivity contribution in [3.8, 4) is 6.07 Å². The lowest BCUT2D eigenvalue weighted by Gasteiger charge is -2.40. The predicted octanol–water partition coefficient (Wildman–Crippen LogP) is 2.24. The summed E-state index contributed by atoms with van der Waals surface area (Å²) in [6.07, 6.45) is 0. The van der Waals surface area contributed by atoms with Gasteiger partial charge < -0.3 is 9.64 Å². The first kappa shape index (κ1) is 19.9. The fourth-order valence-corrected chi connectivity index (χ4v) is 5.13. The summed E-state index contributed by atoms with van der Waals surface area (Å²) in [6.45, 7) is 3.17. The molecule has 1 atom stereocenters. The maximum absolute atomic E-state index is 13.1. The molecule has 0 bridgehead atoms. The fourth-order valence-electron chi connectivity index (χ4n) is 3.37. The number of benzene rings is 2. The standard InChI is InChI=1S/C20H21N3O4S/c1-15-14-22(18-9-7-16(8-10-18)20(24)27-2)11-12-23(15)28(25,26)19-6-4-3-5-17(19)13-21/h3-10,15H,11-12,14H2,1-2H3. The summed E-state index contributed by atoms with van der Waals surface area (Å²) in [6, 6.07) is 15.0. The summed E-state index contributed by atoms with van der Waals surface area (Å²) in [4.78, 5) is 13.7. The molecule has 0 saturated carbocycles. The van der Waals surface area contributed by atoms with Crippen LogP contribution in [0.4, 0.5) is 5.69 Å². The van der Waals surface area contributed by atoms with Crippen molar-refractivity contribution in [2.24, 2.45) is 0 Å². The van der Waals surface area contributed by atoms with Crippen molar-refractivity contribution in [2.75, 3.05) is 31.6 Å². The number of ether oxygens (including phenoxy) is 1. The molecule has 0 N–H and O–H groups in total. The van der Waals surface area contributed by atoms with E-state index in [1.165, 1.54) is 23.5 Å². The van der Waals surface area contributed by atoms with Crippen molar-refractivity contribution in [3.63, 3.8) is 0 Å². The number of esters is 1. The Hall–Kier alpha value is -2.89. The van der Waals surface area contributed by atoms with Crippen LogP contribution >= 0.6 is 0 Å². The molecule has 7 nitrogen and oxygen atoms in total. The molecule has 28 heavy (non-hydrogen) atoms. The van der Waals surface area contributed by atoms with Gasteiger partial charge in [0.25, 0.3) is 0 Å². The second kappa shape index (κ2) is 8.00. The van der Waals surface area contributed by atoms with Gasteiger partial charge in [0.05, 0.1) is 23.1 Å². The normalized spacial score (nSPS) is 17.8. The SMILES string of the molecule is COC(=O)c1ccc(N2CCN(S(=O)(=O)c3ccccc3C#N)C(C)C2)cc1. The molecule has 2 aromatic rings. The van der Waals surface area contributed by atoms with Crippen molar-refractivity contribution >= 4 is 21.7 Å². The molecule has 2 aromatic carbocycles. The quantitative estimate of drug-likeness (QED) is 0.733. The number of rotatable bonds is 4. The lowest BCUT2D eigenvalue weighted by Crippen LogP contribution is -2.54. The average Bonchev–Trinajstić information content (AvgIpc) is 2.73. The van der Waals surface area contributed by atoms with Gasteiger partial charge in [-0.1, -0.05) is 12.1 Å². The molecule has 0 amide bonds. The zero-order chi connectivity index (χ0) is 20.3. The Morgan fingerprint density at radius 1 is 1.14 bits per heavy atom. The zero-order valence-electron chi connectivity index (χ0n) is 15.7. The second-order valence-corrected chi connectivity index (χ2v) is 8.42. The molecular formula is C20H21N3O4S. The highest BCUT2D eigenvalue weighted by Crippen LogP contribution is 2.26. The summed E-state index contributed by atoms with van der Waals surface area (Å²) in [7, 11) is -2.42. The smallest absolute Gasteiger partial charge is 0.337 e. The number of hydrogen-bond acceptors (Lipinski definition) is 6. The van der Waals surface area contributed by atoms with Gasteiger partial charge in [-0.15, -0.1) is 0 Å². The molecule has 1 fully saturated rings. The van der Waals surface area contributed by atoms with Crippen LogP contribution in [0, 0.1) is 11.3 Å². The van der Waals surface area contributed by atoms with Gasteiger partial charge in [-0.3, -0.25) is 0 Å². The molecule has 0 radical (unpaired) electrons. The summed E-state index contributed by atoms with van der Waals surface area (Å²) in [5, 5.41) is 9.24. The highest BCUT2D eigenvalue weighted by Gasteiger charge is 2.35. The third kappa shape index (κ3) is 3.72. The molecule has 1 aliphatic heterocycles. The van der Waals surface area contributed by atoms with Crippen molar-refractivity contribution < 1.29 is 17.9 Å². The van der Waals surface area contributed by atoms with Crippen LogP contribution in [0.15, 0.2) is 53.4 Å². The van der Waals surface area contributed by atoms with Gasteiger partial charge in [0.2, 0.25) is 10.0 Å². The predicted molar refractivity (Wildman–Crippen MR) is 105 cm³/mol. The molecule has 0 aliphatic carbocycles. The van der Waals surface area contributed by atoms with E-state index in [0.29, 0.717) is 25.2 Å². The van der Waals surface area contributed by atoms with Gasteiger partial charge in [0.15, 0.2) is 0 Å². The number of nitrogens with zero attached hydrogens (tertiary/aromatic N) is 3. The molecule has 8 heteroatoms. The Balaban J connectivity index is 1.78. The van der Waals surface area contributed by atoms with E-state index in [1.807, 2.05) is 25.1 Å². The first-order valence-electron chi connectivity index (χ1n) is 8.82. The Bertz CT molecular complexity index is 1010. The van der Waals surface area contributed by atoms with Crippen LogP contribution in [0.3, 0.4) is 0 Å². The molecule has 1 heterocycles. The van der Waals surface area contributed by atoms with Gasteiger partial charge >= 0.3 is 5.97 Å². The maximum Gasteiger partial charge on any atom is 0.337 e. The van der Waals surface area contributed by atoms with Crippen molar-refractivity contribution in [2.45, 2.75) is 17.9 Å². The lowest BCUT2D eigenvalue weighted by atomic mass is 10.1.